The number of hydrogen-bond acceptors (Lipinski definition) is 5. The van der Waals surface area contributed by atoms with Gasteiger partial charge < -0.3 is 0 Å². The lowest BCUT2D eigenvalue weighted by atomic mass is 10.0. The van der Waals surface area contributed by atoms with Gasteiger partial charge in [-0.2, -0.15) is 4.98 Å². The van der Waals surface area contributed by atoms with Gasteiger partial charge in [0, 0.05) is 5.75 Å². The zero-order chi connectivity index (χ0) is 18.6. The highest BCUT2D eigenvalue weighted by Crippen LogP contribution is 2.22. The highest BCUT2D eigenvalue weighted by Gasteiger charge is 2.17. The summed E-state index contributed by atoms with van der Waals surface area (Å²) in [6.07, 6.45) is 0. The molecule has 0 atom stereocenters. The average molecular weight is 389 g/mol. The van der Waals surface area contributed by atoms with E-state index in [0.29, 0.717) is 16.8 Å². The van der Waals surface area contributed by atoms with Crippen molar-refractivity contribution in [2.75, 3.05) is 4.72 Å². The lowest BCUT2D eigenvalue weighted by Crippen LogP contribution is -2.14. The van der Waals surface area contributed by atoms with Crippen molar-refractivity contribution in [2.45, 2.75) is 35.6 Å². The van der Waals surface area contributed by atoms with Crippen LogP contribution in [-0.4, -0.2) is 23.6 Å². The van der Waals surface area contributed by atoms with Gasteiger partial charge in [-0.25, -0.2) is 18.2 Å². The minimum absolute atomic E-state index is 0.105. The summed E-state index contributed by atoms with van der Waals surface area (Å²) in [6.45, 7) is 4.12. The van der Waals surface area contributed by atoms with Gasteiger partial charge in [-0.15, -0.1) is 5.10 Å². The summed E-state index contributed by atoms with van der Waals surface area (Å²) in [5.41, 5.74) is 2.23. The van der Waals surface area contributed by atoms with E-state index in [1.54, 1.807) is 12.1 Å². The quantitative estimate of drug-likeness (QED) is 0.597. The molecule has 0 unspecified atom stereocenters. The maximum atomic E-state index is 12.5. The highest BCUT2D eigenvalue weighted by atomic mass is 32.2. The topological polar surface area (TPSA) is 87.7 Å². The maximum absolute atomic E-state index is 12.5. The maximum Gasteiger partial charge on any atom is 0.264 e. The summed E-state index contributed by atoms with van der Waals surface area (Å²) < 4.78 is 27.4. The molecule has 2 aromatic carbocycles. The van der Waals surface area contributed by atoms with Crippen molar-refractivity contribution in [1.29, 1.82) is 0 Å². The second-order valence-corrected chi connectivity index (χ2v) is 8.70. The molecule has 0 amide bonds. The normalized spacial score (nSPS) is 11.7. The van der Waals surface area contributed by atoms with Gasteiger partial charge in [-0.3, -0.25) is 0 Å². The molecule has 1 aromatic heterocycles. The van der Waals surface area contributed by atoms with Gasteiger partial charge in [0.05, 0.1) is 4.90 Å². The van der Waals surface area contributed by atoms with Crippen molar-refractivity contribution in [1.82, 2.24) is 15.2 Å². The van der Waals surface area contributed by atoms with Crippen molar-refractivity contribution in [3.8, 4) is 0 Å². The van der Waals surface area contributed by atoms with Gasteiger partial charge in [0.15, 0.2) is 0 Å². The minimum Gasteiger partial charge on any atom is -0.248 e. The molecule has 0 radical (unpaired) electrons. The molecular weight excluding hydrogens is 368 g/mol. The number of rotatable bonds is 7. The van der Waals surface area contributed by atoms with Gasteiger partial charge in [0.25, 0.3) is 10.0 Å². The first kappa shape index (κ1) is 18.5. The van der Waals surface area contributed by atoms with E-state index >= 15 is 0 Å². The Bertz CT molecular complexity index is 952. The minimum atomic E-state index is -3.70. The van der Waals surface area contributed by atoms with Crippen LogP contribution in [0.25, 0.3) is 0 Å². The van der Waals surface area contributed by atoms with Gasteiger partial charge in [0.1, 0.15) is 0 Å². The van der Waals surface area contributed by atoms with Gasteiger partial charge >= 0.3 is 0 Å². The van der Waals surface area contributed by atoms with Gasteiger partial charge in [0.2, 0.25) is 11.1 Å². The summed E-state index contributed by atoms with van der Waals surface area (Å²) in [5.74, 6) is 1.16. The molecule has 0 aliphatic rings. The van der Waals surface area contributed by atoms with Crippen LogP contribution in [0.2, 0.25) is 0 Å². The van der Waals surface area contributed by atoms with Crippen molar-refractivity contribution in [3.05, 3.63) is 65.7 Å². The molecule has 0 saturated carbocycles. The molecule has 0 aliphatic carbocycles. The molecule has 26 heavy (non-hydrogen) atoms. The highest BCUT2D eigenvalue weighted by molar-refractivity contribution is 7.98. The molecule has 0 bridgehead atoms. The van der Waals surface area contributed by atoms with Crippen LogP contribution >= 0.6 is 11.8 Å². The van der Waals surface area contributed by atoms with Crippen molar-refractivity contribution < 1.29 is 8.42 Å². The molecule has 6 nitrogen and oxygen atoms in total. The predicted octanol–water partition coefficient (Wildman–Crippen LogP) is 4.02. The largest absolute Gasteiger partial charge is 0.264 e. The fourth-order valence-electron chi connectivity index (χ4n) is 2.30. The number of hydrogen-bond donors (Lipinski definition) is 2. The first-order valence-corrected chi connectivity index (χ1v) is 10.6. The molecule has 1 heterocycles. The number of aromatic nitrogens is 3. The van der Waals surface area contributed by atoms with E-state index in [1.807, 2.05) is 42.5 Å². The third-order valence-corrected chi connectivity index (χ3v) is 6.04. The number of aromatic amines is 1. The molecule has 3 aromatic rings. The van der Waals surface area contributed by atoms with Crippen LogP contribution in [0.15, 0.2) is 64.6 Å². The molecule has 0 aliphatic heterocycles. The summed E-state index contributed by atoms with van der Waals surface area (Å²) in [5, 5.41) is 7.16. The fourth-order valence-corrected chi connectivity index (χ4v) is 4.01. The van der Waals surface area contributed by atoms with Crippen LogP contribution in [0.3, 0.4) is 0 Å². The van der Waals surface area contributed by atoms with E-state index in [1.165, 1.54) is 11.8 Å². The van der Waals surface area contributed by atoms with Gasteiger partial charge in [-0.1, -0.05) is 68.1 Å². The Hall–Kier alpha value is -2.32. The van der Waals surface area contributed by atoms with Crippen LogP contribution in [0.4, 0.5) is 5.95 Å². The van der Waals surface area contributed by atoms with E-state index in [2.05, 4.69) is 33.8 Å². The smallest absolute Gasteiger partial charge is 0.248 e. The van der Waals surface area contributed by atoms with Crippen LogP contribution in [0.5, 0.6) is 0 Å². The Morgan fingerprint density at radius 2 is 1.77 bits per heavy atom. The lowest BCUT2D eigenvalue weighted by Gasteiger charge is -2.08. The summed E-state index contributed by atoms with van der Waals surface area (Å²) >= 11 is 1.43. The molecule has 0 saturated heterocycles. The zero-order valence-electron chi connectivity index (χ0n) is 14.5. The third-order valence-electron chi connectivity index (χ3n) is 3.76. The number of anilines is 1. The monoisotopic (exact) mass is 388 g/mol. The molecule has 0 spiro atoms. The molecule has 136 valence electrons. The fraction of sp³-hybridized carbons (Fsp3) is 0.222. The van der Waals surface area contributed by atoms with E-state index in [9.17, 15) is 8.42 Å². The number of thioether (sulfide) groups is 1. The molecule has 8 heteroatoms. The van der Waals surface area contributed by atoms with Crippen molar-refractivity contribution >= 4 is 27.7 Å². The third kappa shape index (κ3) is 4.64. The SMILES string of the molecule is CC(C)c1ccc(S(=O)(=O)Nc2nc(SCc3ccccc3)n[nH]2)cc1. The second-order valence-electron chi connectivity index (χ2n) is 6.07. The number of sulfonamides is 1. The Morgan fingerprint density at radius 1 is 1.08 bits per heavy atom. The first-order valence-electron chi connectivity index (χ1n) is 8.16. The number of nitrogens with zero attached hydrogens (tertiary/aromatic N) is 2. The van der Waals surface area contributed by atoms with Gasteiger partial charge in [-0.05, 0) is 29.2 Å². The van der Waals surface area contributed by atoms with Crippen LogP contribution in [-0.2, 0) is 15.8 Å². The number of benzene rings is 2. The molecule has 2 N–H and O–H groups in total. The summed E-state index contributed by atoms with van der Waals surface area (Å²) in [6, 6.07) is 16.8. The first-order chi connectivity index (χ1) is 12.4. The number of H-pyrrole nitrogens is 1. The van der Waals surface area contributed by atoms with E-state index in [4.69, 9.17) is 0 Å². The second kappa shape index (κ2) is 7.92. The van der Waals surface area contributed by atoms with Crippen LogP contribution < -0.4 is 4.72 Å². The van der Waals surface area contributed by atoms with Crippen molar-refractivity contribution in [3.63, 3.8) is 0 Å². The average Bonchev–Trinajstić information content (AvgIpc) is 3.07. The van der Waals surface area contributed by atoms with Crippen molar-refractivity contribution in [2.24, 2.45) is 0 Å². The van der Waals surface area contributed by atoms with E-state index < -0.39 is 10.0 Å². The Kier molecular flexibility index (Phi) is 5.63. The molecular formula is C18H20N4O2S2. The number of nitrogens with one attached hydrogen (secondary N) is 2. The summed E-state index contributed by atoms with van der Waals surface area (Å²) in [7, 11) is -3.70. The van der Waals surface area contributed by atoms with Crippen LogP contribution in [0, 0.1) is 0 Å². The molecule has 0 fully saturated rings. The predicted molar refractivity (Wildman–Crippen MR) is 104 cm³/mol. The van der Waals surface area contributed by atoms with E-state index in [0.717, 1.165) is 11.1 Å². The summed E-state index contributed by atoms with van der Waals surface area (Å²) in [4.78, 5) is 4.38. The van der Waals surface area contributed by atoms with Crippen LogP contribution in [0.1, 0.15) is 30.9 Å². The Balaban J connectivity index is 1.65. The molecule has 3 rings (SSSR count). The van der Waals surface area contributed by atoms with E-state index in [-0.39, 0.29) is 10.8 Å². The Morgan fingerprint density at radius 3 is 2.42 bits per heavy atom. The zero-order valence-corrected chi connectivity index (χ0v) is 16.1. The standard InChI is InChI=1S/C18H20N4O2S2/c1-13(2)15-8-10-16(11-9-15)26(23,24)22-17-19-18(21-20-17)25-12-14-6-4-3-5-7-14/h3-11,13H,12H2,1-2H3,(H2,19,20,21,22). The lowest BCUT2D eigenvalue weighted by molar-refractivity contribution is 0.600. The Labute approximate surface area is 157 Å².